The summed E-state index contributed by atoms with van der Waals surface area (Å²) < 4.78 is 23.5. The van der Waals surface area contributed by atoms with Crippen LogP contribution in [0.4, 0.5) is 10.2 Å². The molecule has 3 fully saturated rings. The first-order valence-electron chi connectivity index (χ1n) is 16.8. The molecule has 2 aromatic heterocycles. The predicted molar refractivity (Wildman–Crippen MR) is 176 cm³/mol. The quantitative estimate of drug-likeness (QED) is 0.263. The van der Waals surface area contributed by atoms with Crippen LogP contribution in [0.1, 0.15) is 62.5 Å². The summed E-state index contributed by atoms with van der Waals surface area (Å²) in [6.45, 7) is 3.05. The van der Waals surface area contributed by atoms with Crippen molar-refractivity contribution >= 4 is 27.5 Å². The third-order valence-electron chi connectivity index (χ3n) is 10.7. The second-order valence-electron chi connectivity index (χ2n) is 14.3. The van der Waals surface area contributed by atoms with Gasteiger partial charge >= 0.3 is 6.01 Å². The van der Waals surface area contributed by atoms with E-state index >= 15 is 4.39 Å². The molecule has 9 heteroatoms. The van der Waals surface area contributed by atoms with E-state index in [0.717, 1.165) is 75.4 Å². The smallest absolute Gasteiger partial charge is 0.319 e. The number of rotatable bonds is 7. The number of aromatic hydroxyl groups is 1. The molecule has 4 aliphatic rings. The van der Waals surface area contributed by atoms with Crippen molar-refractivity contribution < 1.29 is 14.2 Å². The van der Waals surface area contributed by atoms with Gasteiger partial charge in [-0.05, 0) is 93.1 Å². The molecular formula is C36H43FN6O2. The van der Waals surface area contributed by atoms with Crippen molar-refractivity contribution in [3.63, 3.8) is 0 Å². The Labute approximate surface area is 264 Å². The first kappa shape index (κ1) is 28.9. The topological polar surface area (TPSA) is 86.6 Å². The number of pyridine rings is 1. The van der Waals surface area contributed by atoms with Gasteiger partial charge in [-0.1, -0.05) is 31.4 Å². The van der Waals surface area contributed by atoms with Crippen LogP contribution in [-0.2, 0) is 12.8 Å². The number of nitrogens with zero attached hydrogens (tertiary/aromatic N) is 5. The number of ether oxygens (including phenoxy) is 1. The molecule has 0 spiro atoms. The summed E-state index contributed by atoms with van der Waals surface area (Å²) in [5.74, 6) is 0.291. The van der Waals surface area contributed by atoms with E-state index in [4.69, 9.17) is 19.7 Å². The Morgan fingerprint density at radius 2 is 1.84 bits per heavy atom. The van der Waals surface area contributed by atoms with E-state index in [2.05, 4.69) is 35.3 Å². The van der Waals surface area contributed by atoms with E-state index in [1.165, 1.54) is 30.4 Å². The minimum atomic E-state index is -0.498. The molecule has 0 radical (unpaired) electrons. The number of aromatic nitrogens is 3. The van der Waals surface area contributed by atoms with Crippen LogP contribution in [-0.4, -0.2) is 77.4 Å². The zero-order valence-corrected chi connectivity index (χ0v) is 26.4. The number of hydrogen-bond acceptors (Lipinski definition) is 8. The summed E-state index contributed by atoms with van der Waals surface area (Å²) in [6.07, 6.45) is 12.8. The lowest BCUT2D eigenvalue weighted by Crippen LogP contribution is -2.51. The Morgan fingerprint density at radius 3 is 2.62 bits per heavy atom. The number of phenolic OH excluding ortho intramolecular Hbond substituents is 1. The fourth-order valence-corrected chi connectivity index (χ4v) is 8.75. The van der Waals surface area contributed by atoms with Crippen LogP contribution in [0.15, 0.2) is 30.5 Å². The number of aryl methyl sites for hydroxylation is 2. The minimum absolute atomic E-state index is 0.0250. The molecule has 1 saturated carbocycles. The van der Waals surface area contributed by atoms with E-state index in [1.54, 1.807) is 18.3 Å². The molecule has 8 nitrogen and oxygen atoms in total. The van der Waals surface area contributed by atoms with Crippen LogP contribution < -0.4 is 15.0 Å². The molecule has 236 valence electrons. The molecule has 2 aliphatic carbocycles. The van der Waals surface area contributed by atoms with Gasteiger partial charge in [-0.15, -0.1) is 0 Å². The number of halogens is 1. The molecule has 2 bridgehead atoms. The largest absolute Gasteiger partial charge is 0.508 e. The Morgan fingerprint density at radius 1 is 1.04 bits per heavy atom. The SMILES string of the molecule is CN(C)CC1(COc2nc(N3CC4CCC(C3)N4)c3cnc(-c4cc(O)cc5ccc6c(c45)CCC6)c(F)c3n2)CCCCC1. The van der Waals surface area contributed by atoms with Crippen molar-refractivity contribution in [2.75, 3.05) is 45.2 Å². The number of piperazine rings is 1. The lowest BCUT2D eigenvalue weighted by molar-refractivity contribution is 0.0629. The third-order valence-corrected chi connectivity index (χ3v) is 10.7. The standard InChI is InChI=1S/C36H43FN6O2/c1-42(2)20-36(13-4-3-5-14-36)21-45-35-40-33-29(34(41-35)43-18-24-11-12-25(19-43)39-24)17-38-32(31(33)37)28-16-26(44)15-23-10-9-22-7-6-8-27(22)30(23)28/h9-10,15-17,24-25,39,44H,3-8,11-14,18-21H2,1-2H3. The molecule has 45 heavy (non-hydrogen) atoms. The highest BCUT2D eigenvalue weighted by Gasteiger charge is 2.36. The third kappa shape index (κ3) is 5.27. The fraction of sp³-hybridized carbons (Fsp3) is 0.528. The Kier molecular flexibility index (Phi) is 7.29. The summed E-state index contributed by atoms with van der Waals surface area (Å²) in [5.41, 5.74) is 3.58. The van der Waals surface area contributed by atoms with Crippen molar-refractivity contribution in [2.45, 2.75) is 76.3 Å². The van der Waals surface area contributed by atoms with Gasteiger partial charge in [0, 0.05) is 48.9 Å². The van der Waals surface area contributed by atoms with Crippen molar-refractivity contribution in [1.29, 1.82) is 0 Å². The Hall–Kier alpha value is -3.56. The zero-order chi connectivity index (χ0) is 30.7. The Bertz CT molecular complexity index is 1760. The molecule has 8 rings (SSSR count). The van der Waals surface area contributed by atoms with Crippen LogP contribution >= 0.6 is 0 Å². The predicted octanol–water partition coefficient (Wildman–Crippen LogP) is 6.01. The second-order valence-corrected chi connectivity index (χ2v) is 14.3. The first-order valence-corrected chi connectivity index (χ1v) is 16.8. The summed E-state index contributed by atoms with van der Waals surface area (Å²) >= 11 is 0. The fourth-order valence-electron chi connectivity index (χ4n) is 8.75. The van der Waals surface area contributed by atoms with Gasteiger partial charge in [-0.3, -0.25) is 4.98 Å². The van der Waals surface area contributed by atoms with Crippen molar-refractivity contribution in [1.82, 2.24) is 25.2 Å². The zero-order valence-electron chi connectivity index (χ0n) is 26.4. The van der Waals surface area contributed by atoms with Crippen LogP contribution in [0.2, 0.25) is 0 Å². The summed E-state index contributed by atoms with van der Waals surface area (Å²) in [7, 11) is 4.23. The van der Waals surface area contributed by atoms with E-state index in [9.17, 15) is 5.11 Å². The molecular weight excluding hydrogens is 567 g/mol. The number of nitrogens with one attached hydrogen (secondary N) is 1. The normalized spacial score (nSPS) is 22.4. The van der Waals surface area contributed by atoms with Crippen molar-refractivity contribution in [3.8, 4) is 23.0 Å². The van der Waals surface area contributed by atoms with E-state index < -0.39 is 5.82 Å². The highest BCUT2D eigenvalue weighted by atomic mass is 19.1. The summed E-state index contributed by atoms with van der Waals surface area (Å²) in [5, 5.41) is 16.9. The van der Waals surface area contributed by atoms with E-state index in [-0.39, 0.29) is 28.4 Å². The molecule has 2 unspecified atom stereocenters. The lowest BCUT2D eigenvalue weighted by Gasteiger charge is -2.39. The maximum atomic E-state index is 17.0. The monoisotopic (exact) mass is 610 g/mol. The molecule has 4 aromatic rings. The maximum Gasteiger partial charge on any atom is 0.319 e. The average Bonchev–Trinajstić information content (AvgIpc) is 3.65. The van der Waals surface area contributed by atoms with Crippen molar-refractivity contribution in [2.24, 2.45) is 5.41 Å². The van der Waals surface area contributed by atoms with Crippen LogP contribution in [0.5, 0.6) is 11.8 Å². The second kappa shape index (κ2) is 11.4. The lowest BCUT2D eigenvalue weighted by atomic mass is 9.74. The highest BCUT2D eigenvalue weighted by Crippen LogP contribution is 2.42. The number of benzene rings is 2. The summed E-state index contributed by atoms with van der Waals surface area (Å²) in [6, 6.07) is 8.59. The Balaban J connectivity index is 1.26. The molecule has 4 heterocycles. The number of fused-ring (bicyclic) bond motifs is 6. The van der Waals surface area contributed by atoms with Crippen LogP contribution in [0.3, 0.4) is 0 Å². The molecule has 2 aromatic carbocycles. The van der Waals surface area contributed by atoms with E-state index in [1.807, 2.05) is 6.07 Å². The molecule has 2 N–H and O–H groups in total. The van der Waals surface area contributed by atoms with Gasteiger partial charge in [-0.25, -0.2) is 4.39 Å². The number of hydrogen-bond donors (Lipinski definition) is 2. The molecule has 2 saturated heterocycles. The first-order chi connectivity index (χ1) is 21.9. The number of anilines is 1. The molecule has 2 atom stereocenters. The van der Waals surface area contributed by atoms with Gasteiger partial charge in [0.2, 0.25) is 0 Å². The minimum Gasteiger partial charge on any atom is -0.508 e. The van der Waals surface area contributed by atoms with E-state index in [0.29, 0.717) is 35.5 Å². The molecule has 0 amide bonds. The van der Waals surface area contributed by atoms with Gasteiger partial charge in [0.25, 0.3) is 0 Å². The van der Waals surface area contributed by atoms with Gasteiger partial charge in [0.05, 0.1) is 12.0 Å². The van der Waals surface area contributed by atoms with Gasteiger partial charge in [0.1, 0.15) is 22.8 Å². The van der Waals surface area contributed by atoms with Crippen LogP contribution in [0.25, 0.3) is 32.9 Å². The van der Waals surface area contributed by atoms with Gasteiger partial charge in [0.15, 0.2) is 5.82 Å². The van der Waals surface area contributed by atoms with Gasteiger partial charge in [-0.2, -0.15) is 9.97 Å². The highest BCUT2D eigenvalue weighted by molar-refractivity contribution is 6.02. The van der Waals surface area contributed by atoms with Crippen LogP contribution in [0, 0.1) is 11.2 Å². The van der Waals surface area contributed by atoms with Gasteiger partial charge < -0.3 is 25.0 Å². The van der Waals surface area contributed by atoms with Crippen molar-refractivity contribution in [3.05, 3.63) is 47.4 Å². The number of phenols is 1. The molecule has 2 aliphatic heterocycles. The average molecular weight is 611 g/mol. The maximum absolute atomic E-state index is 17.0. The summed E-state index contributed by atoms with van der Waals surface area (Å²) in [4.78, 5) is 19.0.